The predicted molar refractivity (Wildman–Crippen MR) is 41.2 cm³/mol. The first kappa shape index (κ1) is 10.4. The number of aliphatic hydroxyl groups excluding tert-OH is 1. The topological polar surface area (TPSA) is 83.5 Å². The minimum Gasteiger partial charge on any atom is -0.481 e. The minimum absolute atomic E-state index is 0.162. The molecule has 0 aliphatic heterocycles. The Morgan fingerprint density at radius 3 is 2.55 bits per heavy atom. The van der Waals surface area contributed by atoms with Crippen molar-refractivity contribution in [3.8, 4) is 0 Å². The fourth-order valence-electron chi connectivity index (χ4n) is 0.828. The molecule has 0 aromatic carbocycles. The molecule has 0 saturated carbocycles. The third kappa shape index (κ3) is 7.29. The first-order valence-electron chi connectivity index (χ1n) is 3.76. The summed E-state index contributed by atoms with van der Waals surface area (Å²) in [5, 5.41) is 17.3. The molecule has 0 aliphatic carbocycles. The molecule has 0 aromatic rings. The Bertz CT molecular complexity index is 116. The molecule has 0 rings (SSSR count). The Balaban J connectivity index is 3.22. The van der Waals surface area contributed by atoms with Crippen molar-refractivity contribution in [3.63, 3.8) is 0 Å². The Morgan fingerprint density at radius 2 is 2.09 bits per heavy atom. The van der Waals surface area contributed by atoms with Crippen LogP contribution in [-0.2, 0) is 4.79 Å². The normalized spacial score (nSPS) is 12.9. The number of aliphatic carboxylic acids is 1. The van der Waals surface area contributed by atoms with Crippen LogP contribution >= 0.6 is 0 Å². The summed E-state index contributed by atoms with van der Waals surface area (Å²) in [4.78, 5) is 10.1. The summed E-state index contributed by atoms with van der Waals surface area (Å²) in [6.45, 7) is 0.597. The summed E-state index contributed by atoms with van der Waals surface area (Å²) < 4.78 is 0. The van der Waals surface area contributed by atoms with Gasteiger partial charge in [-0.3, -0.25) is 4.79 Å². The third-order valence-electron chi connectivity index (χ3n) is 1.40. The molecule has 0 aromatic heterocycles. The number of aliphatic hydroxyl groups is 1. The van der Waals surface area contributed by atoms with E-state index in [1.165, 1.54) is 0 Å². The van der Waals surface area contributed by atoms with Crippen LogP contribution in [0.25, 0.3) is 0 Å². The van der Waals surface area contributed by atoms with Crippen molar-refractivity contribution in [2.75, 3.05) is 6.54 Å². The fourth-order valence-corrected chi connectivity index (χ4v) is 0.828. The van der Waals surface area contributed by atoms with Gasteiger partial charge in [0, 0.05) is 0 Å². The number of hydrogen-bond acceptors (Lipinski definition) is 3. The number of rotatable bonds is 6. The van der Waals surface area contributed by atoms with Crippen molar-refractivity contribution < 1.29 is 15.0 Å². The van der Waals surface area contributed by atoms with Crippen LogP contribution in [0.3, 0.4) is 0 Å². The monoisotopic (exact) mass is 161 g/mol. The van der Waals surface area contributed by atoms with Gasteiger partial charge in [-0.25, -0.2) is 0 Å². The van der Waals surface area contributed by atoms with Gasteiger partial charge < -0.3 is 15.9 Å². The van der Waals surface area contributed by atoms with E-state index < -0.39 is 12.1 Å². The van der Waals surface area contributed by atoms with Crippen molar-refractivity contribution in [1.29, 1.82) is 0 Å². The molecular formula is C7H15NO3. The van der Waals surface area contributed by atoms with E-state index in [1.807, 2.05) is 0 Å². The molecule has 1 atom stereocenters. The molecule has 0 bridgehead atoms. The number of carbonyl (C=O) groups is 1. The van der Waals surface area contributed by atoms with Crippen molar-refractivity contribution in [2.45, 2.75) is 31.8 Å². The molecule has 0 aliphatic rings. The molecule has 0 heterocycles. The highest BCUT2D eigenvalue weighted by Crippen LogP contribution is 2.03. The van der Waals surface area contributed by atoms with Gasteiger partial charge in [0.2, 0.25) is 0 Å². The van der Waals surface area contributed by atoms with E-state index in [1.54, 1.807) is 0 Å². The van der Waals surface area contributed by atoms with Crippen LogP contribution in [0.5, 0.6) is 0 Å². The van der Waals surface area contributed by atoms with E-state index in [2.05, 4.69) is 0 Å². The second kappa shape index (κ2) is 6.12. The van der Waals surface area contributed by atoms with Gasteiger partial charge in [0.15, 0.2) is 0 Å². The number of carboxylic acid groups (broad SMARTS) is 1. The van der Waals surface area contributed by atoms with Gasteiger partial charge in [0.05, 0.1) is 12.5 Å². The fraction of sp³-hybridized carbons (Fsp3) is 0.857. The van der Waals surface area contributed by atoms with E-state index >= 15 is 0 Å². The zero-order chi connectivity index (χ0) is 8.69. The van der Waals surface area contributed by atoms with Crippen LogP contribution in [0.2, 0.25) is 0 Å². The van der Waals surface area contributed by atoms with Crippen molar-refractivity contribution in [3.05, 3.63) is 0 Å². The lowest BCUT2D eigenvalue weighted by atomic mass is 10.1. The highest BCUT2D eigenvalue weighted by molar-refractivity contribution is 5.67. The first-order valence-corrected chi connectivity index (χ1v) is 3.76. The average Bonchev–Trinajstić information content (AvgIpc) is 1.86. The molecule has 4 heteroatoms. The summed E-state index contributed by atoms with van der Waals surface area (Å²) in [6.07, 6.45) is 1.30. The average molecular weight is 161 g/mol. The predicted octanol–water partition coefficient (Wildman–Crippen LogP) is -0.0490. The van der Waals surface area contributed by atoms with Gasteiger partial charge in [-0.15, -0.1) is 0 Å². The van der Waals surface area contributed by atoms with E-state index in [0.717, 1.165) is 12.8 Å². The molecule has 0 fully saturated rings. The van der Waals surface area contributed by atoms with E-state index in [4.69, 9.17) is 15.9 Å². The Labute approximate surface area is 66.0 Å². The quantitative estimate of drug-likeness (QED) is 0.477. The van der Waals surface area contributed by atoms with Gasteiger partial charge in [0.25, 0.3) is 0 Å². The van der Waals surface area contributed by atoms with Crippen molar-refractivity contribution in [1.82, 2.24) is 0 Å². The van der Waals surface area contributed by atoms with Gasteiger partial charge in [-0.1, -0.05) is 0 Å². The molecule has 0 radical (unpaired) electrons. The lowest BCUT2D eigenvalue weighted by molar-refractivity contribution is -0.139. The van der Waals surface area contributed by atoms with Crippen LogP contribution in [0.1, 0.15) is 25.7 Å². The minimum atomic E-state index is -0.953. The highest BCUT2D eigenvalue weighted by atomic mass is 16.4. The zero-order valence-electron chi connectivity index (χ0n) is 6.49. The summed E-state index contributed by atoms with van der Waals surface area (Å²) in [5.41, 5.74) is 5.22. The number of hydrogen-bond donors (Lipinski definition) is 3. The smallest absolute Gasteiger partial charge is 0.305 e. The maximum Gasteiger partial charge on any atom is 0.305 e. The second-order valence-corrected chi connectivity index (χ2v) is 2.54. The molecule has 11 heavy (non-hydrogen) atoms. The van der Waals surface area contributed by atoms with Crippen LogP contribution in [0.4, 0.5) is 0 Å². The van der Waals surface area contributed by atoms with Crippen LogP contribution < -0.4 is 5.73 Å². The SMILES string of the molecule is NCCCCC(O)CC(=O)O. The molecule has 0 saturated heterocycles. The lowest BCUT2D eigenvalue weighted by Crippen LogP contribution is -2.13. The molecule has 0 spiro atoms. The maximum absolute atomic E-state index is 10.1. The first-order chi connectivity index (χ1) is 5.16. The number of carboxylic acids is 1. The highest BCUT2D eigenvalue weighted by Gasteiger charge is 2.07. The summed E-state index contributed by atoms with van der Waals surface area (Å²) in [6, 6.07) is 0. The Hall–Kier alpha value is -0.610. The number of nitrogens with two attached hydrogens (primary N) is 1. The van der Waals surface area contributed by atoms with Gasteiger partial charge in [-0.05, 0) is 25.8 Å². The van der Waals surface area contributed by atoms with E-state index in [-0.39, 0.29) is 6.42 Å². The van der Waals surface area contributed by atoms with Crippen LogP contribution in [0.15, 0.2) is 0 Å². The van der Waals surface area contributed by atoms with Gasteiger partial charge >= 0.3 is 5.97 Å². The second-order valence-electron chi connectivity index (χ2n) is 2.54. The van der Waals surface area contributed by atoms with E-state index in [0.29, 0.717) is 13.0 Å². The molecule has 66 valence electrons. The van der Waals surface area contributed by atoms with Gasteiger partial charge in [0.1, 0.15) is 0 Å². The largest absolute Gasteiger partial charge is 0.481 e. The third-order valence-corrected chi connectivity index (χ3v) is 1.40. The van der Waals surface area contributed by atoms with E-state index in [9.17, 15) is 4.79 Å². The Kier molecular flexibility index (Phi) is 5.78. The summed E-state index contributed by atoms with van der Waals surface area (Å²) >= 11 is 0. The molecule has 0 amide bonds. The summed E-state index contributed by atoms with van der Waals surface area (Å²) in [7, 11) is 0. The maximum atomic E-state index is 10.1. The summed E-state index contributed by atoms with van der Waals surface area (Å²) in [5.74, 6) is -0.953. The Morgan fingerprint density at radius 1 is 1.45 bits per heavy atom. The zero-order valence-corrected chi connectivity index (χ0v) is 6.49. The number of unbranched alkanes of at least 4 members (excludes halogenated alkanes) is 1. The van der Waals surface area contributed by atoms with Crippen LogP contribution in [0, 0.1) is 0 Å². The van der Waals surface area contributed by atoms with Gasteiger partial charge in [-0.2, -0.15) is 0 Å². The molecule has 4 nitrogen and oxygen atoms in total. The standard InChI is InChI=1S/C7H15NO3/c8-4-2-1-3-6(9)5-7(10)11/h6,9H,1-5,8H2,(H,10,11). The lowest BCUT2D eigenvalue weighted by Gasteiger charge is -2.05. The molecule has 1 unspecified atom stereocenters. The van der Waals surface area contributed by atoms with Crippen molar-refractivity contribution >= 4 is 5.97 Å². The van der Waals surface area contributed by atoms with Crippen molar-refractivity contribution in [2.24, 2.45) is 5.73 Å². The van der Waals surface area contributed by atoms with Crippen LogP contribution in [-0.4, -0.2) is 28.8 Å². The molecule has 4 N–H and O–H groups in total. The molecular weight excluding hydrogens is 146 g/mol.